The van der Waals surface area contributed by atoms with E-state index in [1.807, 2.05) is 0 Å². The Morgan fingerprint density at radius 3 is 2.58 bits per heavy atom. The van der Waals surface area contributed by atoms with Gasteiger partial charge in [-0.2, -0.15) is 0 Å². The molecular weight excluding hydrogens is 234 g/mol. The van der Waals surface area contributed by atoms with Crippen LogP contribution in [0.3, 0.4) is 0 Å². The summed E-state index contributed by atoms with van der Waals surface area (Å²) in [5.74, 6) is 0.706. The molecule has 19 heavy (non-hydrogen) atoms. The Labute approximate surface area is 115 Å². The molecule has 1 unspecified atom stereocenters. The predicted molar refractivity (Wildman–Crippen MR) is 79.2 cm³/mol. The first-order valence-electron chi connectivity index (χ1n) is 7.19. The lowest BCUT2D eigenvalue weighted by atomic mass is 9.65. The van der Waals surface area contributed by atoms with Crippen molar-refractivity contribution in [3.8, 4) is 0 Å². The molecular formula is C16H23N3. The van der Waals surface area contributed by atoms with E-state index in [-0.39, 0.29) is 11.0 Å². The van der Waals surface area contributed by atoms with Crippen LogP contribution in [0, 0.1) is 0 Å². The third-order valence-electron chi connectivity index (χ3n) is 4.93. The van der Waals surface area contributed by atoms with E-state index in [4.69, 9.17) is 5.73 Å². The SMILES string of the molecule is CCN1C(N)=NCC12CCC(C)(C)c1ccccc12. The highest BCUT2D eigenvalue weighted by Gasteiger charge is 2.49. The van der Waals surface area contributed by atoms with Gasteiger partial charge in [-0.25, -0.2) is 0 Å². The fraction of sp³-hybridized carbons (Fsp3) is 0.562. The maximum Gasteiger partial charge on any atom is 0.192 e. The molecule has 1 aromatic carbocycles. The van der Waals surface area contributed by atoms with Crippen molar-refractivity contribution in [3.05, 3.63) is 35.4 Å². The van der Waals surface area contributed by atoms with Gasteiger partial charge >= 0.3 is 0 Å². The molecule has 0 amide bonds. The van der Waals surface area contributed by atoms with E-state index < -0.39 is 0 Å². The summed E-state index contributed by atoms with van der Waals surface area (Å²) in [6.45, 7) is 8.57. The highest BCUT2D eigenvalue weighted by Crippen LogP contribution is 2.49. The van der Waals surface area contributed by atoms with Gasteiger partial charge in [0.25, 0.3) is 0 Å². The molecule has 0 bridgehead atoms. The minimum Gasteiger partial charge on any atom is -0.370 e. The van der Waals surface area contributed by atoms with Gasteiger partial charge in [0.05, 0.1) is 12.1 Å². The molecule has 1 atom stereocenters. The van der Waals surface area contributed by atoms with Gasteiger partial charge in [-0.15, -0.1) is 0 Å². The quantitative estimate of drug-likeness (QED) is 0.840. The number of rotatable bonds is 1. The number of hydrogen-bond donors (Lipinski definition) is 1. The minimum atomic E-state index is 0.00491. The first kappa shape index (κ1) is 12.5. The van der Waals surface area contributed by atoms with Crippen LogP contribution in [0.1, 0.15) is 44.7 Å². The maximum absolute atomic E-state index is 6.10. The molecule has 1 spiro atoms. The number of nitrogens with two attached hydrogens (primary N) is 1. The van der Waals surface area contributed by atoms with Gasteiger partial charge in [0.15, 0.2) is 5.96 Å². The summed E-state index contributed by atoms with van der Waals surface area (Å²) >= 11 is 0. The van der Waals surface area contributed by atoms with Crippen LogP contribution in [0.5, 0.6) is 0 Å². The second kappa shape index (κ2) is 3.99. The van der Waals surface area contributed by atoms with Crippen molar-refractivity contribution < 1.29 is 0 Å². The molecule has 102 valence electrons. The highest BCUT2D eigenvalue weighted by molar-refractivity contribution is 5.81. The Morgan fingerprint density at radius 1 is 1.21 bits per heavy atom. The van der Waals surface area contributed by atoms with Crippen molar-refractivity contribution >= 4 is 5.96 Å². The third-order valence-corrected chi connectivity index (χ3v) is 4.93. The lowest BCUT2D eigenvalue weighted by Crippen LogP contribution is -2.52. The van der Waals surface area contributed by atoms with Crippen LogP contribution in [0.4, 0.5) is 0 Å². The summed E-state index contributed by atoms with van der Waals surface area (Å²) in [6.07, 6.45) is 2.32. The molecule has 2 N–H and O–H groups in total. The number of hydrogen-bond acceptors (Lipinski definition) is 3. The summed E-state index contributed by atoms with van der Waals surface area (Å²) in [7, 11) is 0. The molecule has 2 aliphatic rings. The number of benzene rings is 1. The average molecular weight is 257 g/mol. The smallest absolute Gasteiger partial charge is 0.192 e. The van der Waals surface area contributed by atoms with Crippen molar-refractivity contribution in [2.24, 2.45) is 10.7 Å². The second-order valence-corrected chi connectivity index (χ2v) is 6.38. The van der Waals surface area contributed by atoms with Crippen molar-refractivity contribution in [3.63, 3.8) is 0 Å². The van der Waals surface area contributed by atoms with Gasteiger partial charge in [0.2, 0.25) is 0 Å². The van der Waals surface area contributed by atoms with Crippen LogP contribution in [0.25, 0.3) is 0 Å². The molecule has 1 aliphatic carbocycles. The van der Waals surface area contributed by atoms with Crippen LogP contribution in [-0.4, -0.2) is 23.9 Å². The number of aliphatic imine (C=N–C) groups is 1. The van der Waals surface area contributed by atoms with E-state index in [0.29, 0.717) is 5.96 Å². The zero-order valence-corrected chi connectivity index (χ0v) is 12.1. The summed E-state index contributed by atoms with van der Waals surface area (Å²) in [5.41, 5.74) is 9.24. The van der Waals surface area contributed by atoms with E-state index in [2.05, 4.69) is 54.9 Å². The lowest BCUT2D eigenvalue weighted by Gasteiger charge is -2.47. The molecule has 1 aromatic rings. The molecule has 0 saturated carbocycles. The van der Waals surface area contributed by atoms with E-state index in [0.717, 1.165) is 19.5 Å². The fourth-order valence-electron chi connectivity index (χ4n) is 3.78. The average Bonchev–Trinajstić information content (AvgIpc) is 2.73. The van der Waals surface area contributed by atoms with Gasteiger partial charge in [-0.05, 0) is 36.3 Å². The van der Waals surface area contributed by atoms with E-state index >= 15 is 0 Å². The highest BCUT2D eigenvalue weighted by atomic mass is 15.4. The number of likely N-dealkylation sites (N-methyl/N-ethyl adjacent to an activating group) is 1. The van der Waals surface area contributed by atoms with E-state index in [9.17, 15) is 0 Å². The van der Waals surface area contributed by atoms with Crippen molar-refractivity contribution in [2.75, 3.05) is 13.1 Å². The Hall–Kier alpha value is -1.51. The molecule has 3 rings (SSSR count). The fourth-order valence-corrected chi connectivity index (χ4v) is 3.78. The second-order valence-electron chi connectivity index (χ2n) is 6.38. The first-order valence-corrected chi connectivity index (χ1v) is 7.19. The topological polar surface area (TPSA) is 41.6 Å². The summed E-state index contributed by atoms with van der Waals surface area (Å²) < 4.78 is 0. The Kier molecular flexibility index (Phi) is 2.63. The van der Waals surface area contributed by atoms with Gasteiger partial charge in [0, 0.05) is 6.54 Å². The molecule has 0 aromatic heterocycles. The number of fused-ring (bicyclic) bond motifs is 2. The normalized spacial score (nSPS) is 28.4. The van der Waals surface area contributed by atoms with Gasteiger partial charge in [-0.1, -0.05) is 38.1 Å². The largest absolute Gasteiger partial charge is 0.370 e. The van der Waals surface area contributed by atoms with Crippen LogP contribution < -0.4 is 5.73 Å². The molecule has 0 saturated heterocycles. The van der Waals surface area contributed by atoms with Crippen molar-refractivity contribution in [2.45, 2.75) is 44.6 Å². The first-order chi connectivity index (χ1) is 9.01. The molecule has 3 nitrogen and oxygen atoms in total. The van der Waals surface area contributed by atoms with Gasteiger partial charge < -0.3 is 10.6 Å². The monoisotopic (exact) mass is 257 g/mol. The van der Waals surface area contributed by atoms with E-state index in [1.54, 1.807) is 0 Å². The summed E-state index contributed by atoms with van der Waals surface area (Å²) in [6, 6.07) is 8.84. The lowest BCUT2D eigenvalue weighted by molar-refractivity contribution is 0.157. The molecule has 1 aliphatic heterocycles. The van der Waals surface area contributed by atoms with Crippen molar-refractivity contribution in [1.82, 2.24) is 4.90 Å². The zero-order chi connectivity index (χ0) is 13.7. The number of nitrogens with zero attached hydrogens (tertiary/aromatic N) is 2. The van der Waals surface area contributed by atoms with Crippen LogP contribution in [-0.2, 0) is 11.0 Å². The Morgan fingerprint density at radius 2 is 1.89 bits per heavy atom. The molecule has 0 radical (unpaired) electrons. The Bertz CT molecular complexity index is 533. The van der Waals surface area contributed by atoms with Gasteiger partial charge in [0.1, 0.15) is 0 Å². The van der Waals surface area contributed by atoms with Crippen LogP contribution >= 0.6 is 0 Å². The zero-order valence-electron chi connectivity index (χ0n) is 12.1. The van der Waals surface area contributed by atoms with Crippen molar-refractivity contribution in [1.29, 1.82) is 0 Å². The van der Waals surface area contributed by atoms with E-state index in [1.165, 1.54) is 17.5 Å². The summed E-state index contributed by atoms with van der Waals surface area (Å²) in [5, 5.41) is 0. The summed E-state index contributed by atoms with van der Waals surface area (Å²) in [4.78, 5) is 6.83. The predicted octanol–water partition coefficient (Wildman–Crippen LogP) is 2.60. The molecule has 0 fully saturated rings. The van der Waals surface area contributed by atoms with Crippen LogP contribution in [0.2, 0.25) is 0 Å². The van der Waals surface area contributed by atoms with Gasteiger partial charge in [-0.3, -0.25) is 4.99 Å². The standard InChI is InChI=1S/C16H23N3/c1-4-19-14(17)18-11-16(19)10-9-15(2,3)12-7-5-6-8-13(12)16/h5-8H,4,9-11H2,1-3H3,(H2,17,18). The Balaban J connectivity index is 2.16. The molecule has 1 heterocycles. The minimum absolute atomic E-state index is 0.00491. The number of guanidine groups is 1. The van der Waals surface area contributed by atoms with Crippen LogP contribution in [0.15, 0.2) is 29.3 Å². The maximum atomic E-state index is 6.10. The third kappa shape index (κ3) is 1.60. The molecule has 3 heteroatoms.